The van der Waals surface area contributed by atoms with Crippen LogP contribution in [-0.2, 0) is 9.53 Å². The van der Waals surface area contributed by atoms with E-state index in [2.05, 4.69) is 36.8 Å². The number of pyridine rings is 1. The average Bonchev–Trinajstić information content (AvgIpc) is 2.47. The van der Waals surface area contributed by atoms with E-state index >= 15 is 0 Å². The van der Waals surface area contributed by atoms with E-state index in [0.717, 1.165) is 14.3 Å². The summed E-state index contributed by atoms with van der Waals surface area (Å²) in [6, 6.07) is 5.68. The second-order valence-electron chi connectivity index (χ2n) is 4.34. The van der Waals surface area contributed by atoms with E-state index in [1.165, 1.54) is 0 Å². The number of aromatic nitrogens is 1. The van der Waals surface area contributed by atoms with Gasteiger partial charge in [0.15, 0.2) is 11.9 Å². The van der Waals surface area contributed by atoms with E-state index in [0.29, 0.717) is 24.3 Å². The van der Waals surface area contributed by atoms with E-state index < -0.39 is 6.10 Å². The minimum Gasteiger partial charge on any atom is -0.475 e. The number of carbonyl (C=O) groups is 1. The third kappa shape index (κ3) is 3.55. The predicted octanol–water partition coefficient (Wildman–Crippen LogP) is 4.48. The van der Waals surface area contributed by atoms with Crippen LogP contribution in [0.25, 0.3) is 10.9 Å². The van der Waals surface area contributed by atoms with Gasteiger partial charge in [-0.2, -0.15) is 0 Å². The molecule has 1 aromatic heterocycles. The molecule has 1 aromatic carbocycles. The third-order valence-electron chi connectivity index (χ3n) is 2.93. The molecule has 1 atom stereocenters. The van der Waals surface area contributed by atoms with E-state index in [4.69, 9.17) is 9.47 Å². The molecule has 0 bridgehead atoms. The molecule has 4 nitrogen and oxygen atoms in total. The normalized spacial score (nSPS) is 12.2. The Morgan fingerprint density at radius 1 is 1.33 bits per heavy atom. The van der Waals surface area contributed by atoms with Crippen molar-refractivity contribution in [2.24, 2.45) is 0 Å². The Bertz CT molecular complexity index is 661. The summed E-state index contributed by atoms with van der Waals surface area (Å²) in [5.74, 6) is 0.188. The van der Waals surface area contributed by atoms with Gasteiger partial charge in [-0.25, -0.2) is 4.79 Å². The summed E-state index contributed by atoms with van der Waals surface area (Å²) in [6.45, 7) is 3.99. The van der Waals surface area contributed by atoms with E-state index in [1.54, 1.807) is 13.1 Å². The van der Waals surface area contributed by atoms with E-state index in [-0.39, 0.29) is 5.97 Å². The van der Waals surface area contributed by atoms with Gasteiger partial charge in [-0.3, -0.25) is 4.98 Å². The zero-order valence-electron chi connectivity index (χ0n) is 11.7. The maximum atomic E-state index is 11.9. The highest BCUT2D eigenvalue weighted by Gasteiger charge is 2.23. The number of benzene rings is 1. The first kappa shape index (κ1) is 16.2. The molecule has 6 heteroatoms. The largest absolute Gasteiger partial charge is 0.475 e. The lowest BCUT2D eigenvalue weighted by Crippen LogP contribution is -2.29. The van der Waals surface area contributed by atoms with Gasteiger partial charge in [0.1, 0.15) is 5.52 Å². The molecule has 1 unspecified atom stereocenters. The Hall–Kier alpha value is -1.14. The minimum absolute atomic E-state index is 0.333. The smallest absolute Gasteiger partial charge is 0.347 e. The molecule has 0 aliphatic carbocycles. The highest BCUT2D eigenvalue weighted by atomic mass is 79.9. The SMILES string of the molecule is CCOC(=O)C(CC)Oc1c(Br)cc(Br)c2cccnc12. The number of hydrogen-bond acceptors (Lipinski definition) is 4. The number of ether oxygens (including phenoxy) is 2. The molecular weight excluding hydrogens is 402 g/mol. The molecule has 0 amide bonds. The van der Waals surface area contributed by atoms with Crippen LogP contribution < -0.4 is 4.74 Å². The lowest BCUT2D eigenvalue weighted by atomic mass is 10.2. The predicted molar refractivity (Wildman–Crippen MR) is 88.5 cm³/mol. The van der Waals surface area contributed by atoms with Crippen molar-refractivity contribution in [1.29, 1.82) is 0 Å². The molecule has 0 fully saturated rings. The quantitative estimate of drug-likeness (QED) is 0.674. The summed E-state index contributed by atoms with van der Waals surface area (Å²) in [4.78, 5) is 16.3. The highest BCUT2D eigenvalue weighted by molar-refractivity contribution is 9.11. The van der Waals surface area contributed by atoms with Crippen LogP contribution in [0.15, 0.2) is 33.3 Å². The Morgan fingerprint density at radius 2 is 2.10 bits per heavy atom. The zero-order chi connectivity index (χ0) is 15.4. The number of rotatable bonds is 5. The topological polar surface area (TPSA) is 48.4 Å². The van der Waals surface area contributed by atoms with Crippen molar-refractivity contribution in [3.8, 4) is 5.75 Å². The summed E-state index contributed by atoms with van der Waals surface area (Å²) >= 11 is 6.97. The van der Waals surface area contributed by atoms with Crippen molar-refractivity contribution in [3.63, 3.8) is 0 Å². The van der Waals surface area contributed by atoms with Gasteiger partial charge in [0.05, 0.1) is 11.1 Å². The molecule has 1 heterocycles. The number of fused-ring (bicyclic) bond motifs is 1. The maximum Gasteiger partial charge on any atom is 0.347 e. The van der Waals surface area contributed by atoms with Crippen LogP contribution >= 0.6 is 31.9 Å². The van der Waals surface area contributed by atoms with Crippen molar-refractivity contribution < 1.29 is 14.3 Å². The van der Waals surface area contributed by atoms with Crippen molar-refractivity contribution in [3.05, 3.63) is 33.3 Å². The number of hydrogen-bond donors (Lipinski definition) is 0. The van der Waals surface area contributed by atoms with Gasteiger partial charge < -0.3 is 9.47 Å². The molecule has 0 radical (unpaired) electrons. The Labute approximate surface area is 140 Å². The molecule has 0 aliphatic rings. The van der Waals surface area contributed by atoms with Gasteiger partial charge in [0.2, 0.25) is 0 Å². The van der Waals surface area contributed by atoms with Crippen LogP contribution in [0.4, 0.5) is 0 Å². The Balaban J connectivity index is 2.44. The van der Waals surface area contributed by atoms with E-state index in [1.807, 2.05) is 25.1 Å². The number of carbonyl (C=O) groups excluding carboxylic acids is 1. The van der Waals surface area contributed by atoms with Gasteiger partial charge in [-0.1, -0.05) is 28.9 Å². The first-order chi connectivity index (χ1) is 10.1. The van der Waals surface area contributed by atoms with Crippen molar-refractivity contribution >= 4 is 48.7 Å². The van der Waals surface area contributed by atoms with Gasteiger partial charge >= 0.3 is 5.97 Å². The molecule has 2 aromatic rings. The zero-order valence-corrected chi connectivity index (χ0v) is 14.9. The first-order valence-electron chi connectivity index (χ1n) is 6.64. The van der Waals surface area contributed by atoms with E-state index in [9.17, 15) is 4.79 Å². The second-order valence-corrected chi connectivity index (χ2v) is 6.04. The average molecular weight is 417 g/mol. The second kappa shape index (κ2) is 7.22. The van der Waals surface area contributed by atoms with Crippen LogP contribution in [0.2, 0.25) is 0 Å². The number of esters is 1. The molecule has 0 aliphatic heterocycles. The highest BCUT2D eigenvalue weighted by Crippen LogP contribution is 2.38. The molecule has 0 saturated heterocycles. The van der Waals surface area contributed by atoms with Crippen LogP contribution in [0.1, 0.15) is 20.3 Å². The molecule has 112 valence electrons. The van der Waals surface area contributed by atoms with Crippen LogP contribution in [-0.4, -0.2) is 23.7 Å². The van der Waals surface area contributed by atoms with Gasteiger partial charge in [-0.05, 0) is 41.4 Å². The summed E-state index contributed by atoms with van der Waals surface area (Å²) in [7, 11) is 0. The Morgan fingerprint density at radius 3 is 2.76 bits per heavy atom. The fourth-order valence-corrected chi connectivity index (χ4v) is 3.30. The number of nitrogens with zero attached hydrogens (tertiary/aromatic N) is 1. The molecule has 0 saturated carbocycles. The number of halogens is 2. The summed E-state index contributed by atoms with van der Waals surface area (Å²) in [6.07, 6.45) is 1.57. The van der Waals surface area contributed by atoms with Gasteiger partial charge in [0, 0.05) is 16.1 Å². The lowest BCUT2D eigenvalue weighted by molar-refractivity contribution is -0.151. The van der Waals surface area contributed by atoms with Crippen LogP contribution in [0.5, 0.6) is 5.75 Å². The lowest BCUT2D eigenvalue weighted by Gasteiger charge is -2.18. The molecule has 0 N–H and O–H groups in total. The fourth-order valence-electron chi connectivity index (χ4n) is 1.93. The standard InChI is InChI=1S/C15H15Br2NO3/c1-3-12(15(19)20-4-2)21-14-11(17)8-10(16)9-6-5-7-18-13(9)14/h5-8,12H,3-4H2,1-2H3. The summed E-state index contributed by atoms with van der Waals surface area (Å²) in [5, 5.41) is 0.925. The fraction of sp³-hybridized carbons (Fsp3) is 0.333. The van der Waals surface area contributed by atoms with Crippen molar-refractivity contribution in [1.82, 2.24) is 4.98 Å². The van der Waals surface area contributed by atoms with Gasteiger partial charge in [-0.15, -0.1) is 0 Å². The van der Waals surface area contributed by atoms with Crippen molar-refractivity contribution in [2.75, 3.05) is 6.61 Å². The molecule has 21 heavy (non-hydrogen) atoms. The monoisotopic (exact) mass is 415 g/mol. The molecule has 0 spiro atoms. The molecular formula is C15H15Br2NO3. The Kier molecular flexibility index (Phi) is 5.58. The van der Waals surface area contributed by atoms with Gasteiger partial charge in [0.25, 0.3) is 0 Å². The summed E-state index contributed by atoms with van der Waals surface area (Å²) in [5.41, 5.74) is 0.696. The van der Waals surface area contributed by atoms with Crippen LogP contribution in [0, 0.1) is 0 Å². The molecule has 2 rings (SSSR count). The third-order valence-corrected chi connectivity index (χ3v) is 4.18. The van der Waals surface area contributed by atoms with Crippen LogP contribution in [0.3, 0.4) is 0 Å². The summed E-state index contributed by atoms with van der Waals surface area (Å²) < 4.78 is 12.6. The van der Waals surface area contributed by atoms with Crippen molar-refractivity contribution in [2.45, 2.75) is 26.4 Å². The maximum absolute atomic E-state index is 11.9. The minimum atomic E-state index is -0.646. The first-order valence-corrected chi connectivity index (χ1v) is 8.23.